The maximum Gasteiger partial charge on any atom is 0.250 e. The summed E-state index contributed by atoms with van der Waals surface area (Å²) in [6, 6.07) is 3.13. The number of allylic oxidation sites excluding steroid dienone is 2. The van der Waals surface area contributed by atoms with Gasteiger partial charge in [0.2, 0.25) is 5.91 Å². The summed E-state index contributed by atoms with van der Waals surface area (Å²) < 4.78 is 1.57. The van der Waals surface area contributed by atoms with E-state index in [1.807, 2.05) is 6.92 Å². The molecule has 1 N–H and O–H groups in total. The number of aryl methyl sites for hydroxylation is 1. The van der Waals surface area contributed by atoms with Crippen LogP contribution in [0.15, 0.2) is 35.3 Å². The molecule has 1 aromatic rings. The first-order valence-corrected chi connectivity index (χ1v) is 6.36. The molecule has 1 aromatic heterocycles. The molecule has 0 aliphatic heterocycles. The lowest BCUT2D eigenvalue weighted by Gasteiger charge is -2.10. The highest BCUT2D eigenvalue weighted by molar-refractivity contribution is 5.90. The molecular formula is C14H18N2O2. The third-order valence-corrected chi connectivity index (χ3v) is 3.17. The summed E-state index contributed by atoms with van der Waals surface area (Å²) in [5.41, 5.74) is 0.637. The van der Waals surface area contributed by atoms with Crippen molar-refractivity contribution in [2.24, 2.45) is 5.92 Å². The second-order valence-electron chi connectivity index (χ2n) is 4.56. The highest BCUT2D eigenvalue weighted by Crippen LogP contribution is 2.20. The number of pyridine rings is 1. The van der Waals surface area contributed by atoms with E-state index in [1.165, 1.54) is 6.07 Å². The van der Waals surface area contributed by atoms with Gasteiger partial charge in [-0.25, -0.2) is 0 Å². The van der Waals surface area contributed by atoms with Crippen molar-refractivity contribution in [3.05, 3.63) is 40.8 Å². The quantitative estimate of drug-likeness (QED) is 0.828. The molecule has 1 unspecified atom stereocenters. The van der Waals surface area contributed by atoms with E-state index < -0.39 is 0 Å². The second kappa shape index (κ2) is 5.67. The van der Waals surface area contributed by atoms with E-state index >= 15 is 0 Å². The lowest BCUT2D eigenvalue weighted by atomic mass is 10.1. The lowest BCUT2D eigenvalue weighted by Crippen LogP contribution is -2.20. The number of aromatic nitrogens is 1. The Morgan fingerprint density at radius 2 is 2.33 bits per heavy atom. The number of hydrogen-bond acceptors (Lipinski definition) is 2. The topological polar surface area (TPSA) is 51.1 Å². The van der Waals surface area contributed by atoms with Crippen molar-refractivity contribution in [3.63, 3.8) is 0 Å². The Morgan fingerprint density at radius 3 is 3.00 bits per heavy atom. The highest BCUT2D eigenvalue weighted by atomic mass is 16.1. The lowest BCUT2D eigenvalue weighted by molar-refractivity contribution is -0.116. The molecule has 4 nitrogen and oxygen atoms in total. The molecule has 4 heteroatoms. The third-order valence-electron chi connectivity index (χ3n) is 3.17. The molecule has 18 heavy (non-hydrogen) atoms. The van der Waals surface area contributed by atoms with Gasteiger partial charge in [-0.15, -0.1) is 0 Å². The van der Waals surface area contributed by atoms with E-state index in [0.29, 0.717) is 24.6 Å². The molecule has 1 amide bonds. The van der Waals surface area contributed by atoms with Gasteiger partial charge in [0.15, 0.2) is 0 Å². The van der Waals surface area contributed by atoms with E-state index in [-0.39, 0.29) is 11.5 Å². The van der Waals surface area contributed by atoms with Gasteiger partial charge in [0, 0.05) is 25.2 Å². The van der Waals surface area contributed by atoms with Gasteiger partial charge < -0.3 is 9.88 Å². The van der Waals surface area contributed by atoms with E-state index in [1.54, 1.807) is 16.8 Å². The largest absolute Gasteiger partial charge is 0.325 e. The molecule has 0 spiro atoms. The van der Waals surface area contributed by atoms with Crippen LogP contribution in [0.5, 0.6) is 0 Å². The molecule has 1 heterocycles. The number of rotatable bonds is 4. The van der Waals surface area contributed by atoms with Gasteiger partial charge in [-0.2, -0.15) is 0 Å². The van der Waals surface area contributed by atoms with Crippen molar-refractivity contribution in [3.8, 4) is 0 Å². The van der Waals surface area contributed by atoms with Crippen molar-refractivity contribution in [2.45, 2.75) is 32.7 Å². The van der Waals surface area contributed by atoms with Crippen LogP contribution in [-0.2, 0) is 11.3 Å². The Balaban J connectivity index is 1.98. The van der Waals surface area contributed by atoms with E-state index in [2.05, 4.69) is 17.5 Å². The standard InChI is InChI=1S/C14H18N2O2/c1-2-16-10-12(7-8-14(16)18)15-13(17)9-11-5-3-4-6-11/h3,5,7-8,10-11H,2,4,6,9H2,1H3,(H,15,17). The van der Waals surface area contributed by atoms with E-state index in [9.17, 15) is 9.59 Å². The number of amides is 1. The van der Waals surface area contributed by atoms with Gasteiger partial charge >= 0.3 is 0 Å². The summed E-state index contributed by atoms with van der Waals surface area (Å²) in [5.74, 6) is 0.370. The molecule has 2 rings (SSSR count). The van der Waals surface area contributed by atoms with Crippen molar-refractivity contribution < 1.29 is 4.79 Å². The number of nitrogens with zero attached hydrogens (tertiary/aromatic N) is 1. The van der Waals surface area contributed by atoms with Gasteiger partial charge in [-0.3, -0.25) is 9.59 Å². The third kappa shape index (κ3) is 3.09. The van der Waals surface area contributed by atoms with Gasteiger partial charge in [0.05, 0.1) is 5.69 Å². The van der Waals surface area contributed by atoms with Crippen molar-refractivity contribution in [2.75, 3.05) is 5.32 Å². The maximum absolute atomic E-state index is 11.8. The van der Waals surface area contributed by atoms with Crippen molar-refractivity contribution in [1.82, 2.24) is 4.57 Å². The zero-order chi connectivity index (χ0) is 13.0. The molecule has 1 aliphatic carbocycles. The number of carbonyl (C=O) groups excluding carboxylic acids is 1. The summed E-state index contributed by atoms with van der Waals surface area (Å²) >= 11 is 0. The minimum Gasteiger partial charge on any atom is -0.325 e. The first-order valence-electron chi connectivity index (χ1n) is 6.36. The van der Waals surface area contributed by atoms with Crippen LogP contribution in [0.1, 0.15) is 26.2 Å². The summed E-state index contributed by atoms with van der Waals surface area (Å²) in [5, 5.41) is 2.84. The van der Waals surface area contributed by atoms with E-state index in [4.69, 9.17) is 0 Å². The Kier molecular flexibility index (Phi) is 3.97. The molecule has 1 aliphatic rings. The van der Waals surface area contributed by atoms with Gasteiger partial charge in [0.1, 0.15) is 0 Å². The molecule has 0 aromatic carbocycles. The molecule has 1 atom stereocenters. The Hall–Kier alpha value is -1.84. The molecule has 0 saturated heterocycles. The first kappa shape index (κ1) is 12.6. The zero-order valence-electron chi connectivity index (χ0n) is 10.6. The smallest absolute Gasteiger partial charge is 0.250 e. The van der Waals surface area contributed by atoms with Crippen LogP contribution in [0.4, 0.5) is 5.69 Å². The Morgan fingerprint density at radius 1 is 1.50 bits per heavy atom. The monoisotopic (exact) mass is 246 g/mol. The van der Waals surface area contributed by atoms with Crippen LogP contribution in [0, 0.1) is 5.92 Å². The average molecular weight is 246 g/mol. The Bertz CT molecular complexity index is 517. The summed E-state index contributed by atoms with van der Waals surface area (Å²) in [6.07, 6.45) is 8.55. The number of carbonyl (C=O) groups is 1. The minimum atomic E-state index is -0.0470. The second-order valence-corrected chi connectivity index (χ2v) is 4.56. The first-order chi connectivity index (χ1) is 8.69. The van der Waals surface area contributed by atoms with Crippen LogP contribution in [0.3, 0.4) is 0 Å². The molecule has 0 saturated carbocycles. The minimum absolute atomic E-state index is 0.00727. The normalized spacial score (nSPS) is 17.9. The predicted octanol–water partition coefficient (Wildman–Crippen LogP) is 2.16. The van der Waals surface area contributed by atoms with Crippen LogP contribution < -0.4 is 10.9 Å². The SMILES string of the molecule is CCn1cc(NC(=O)CC2C=CCC2)ccc1=O. The fourth-order valence-electron chi connectivity index (χ4n) is 2.17. The molecule has 0 fully saturated rings. The maximum atomic E-state index is 11.8. The zero-order valence-corrected chi connectivity index (χ0v) is 10.6. The summed E-state index contributed by atoms with van der Waals surface area (Å²) in [4.78, 5) is 23.2. The molecule has 0 bridgehead atoms. The molecule has 96 valence electrons. The van der Waals surface area contributed by atoms with Gasteiger partial charge in [0.25, 0.3) is 5.56 Å². The molecular weight excluding hydrogens is 228 g/mol. The predicted molar refractivity (Wildman–Crippen MR) is 71.5 cm³/mol. The average Bonchev–Trinajstić information content (AvgIpc) is 2.84. The molecule has 0 radical (unpaired) electrons. The van der Waals surface area contributed by atoms with Gasteiger partial charge in [-0.1, -0.05) is 12.2 Å². The fraction of sp³-hybridized carbons (Fsp3) is 0.429. The van der Waals surface area contributed by atoms with Crippen LogP contribution in [0.25, 0.3) is 0 Å². The number of nitrogens with one attached hydrogen (secondary N) is 1. The Labute approximate surface area is 106 Å². The highest BCUT2D eigenvalue weighted by Gasteiger charge is 2.14. The fourth-order valence-corrected chi connectivity index (χ4v) is 2.17. The number of anilines is 1. The van der Waals surface area contributed by atoms with Crippen LogP contribution in [-0.4, -0.2) is 10.5 Å². The van der Waals surface area contributed by atoms with Gasteiger partial charge in [-0.05, 0) is 31.7 Å². The van der Waals surface area contributed by atoms with E-state index in [0.717, 1.165) is 12.8 Å². The summed E-state index contributed by atoms with van der Waals surface area (Å²) in [7, 11) is 0. The van der Waals surface area contributed by atoms with Crippen LogP contribution >= 0.6 is 0 Å². The van der Waals surface area contributed by atoms with Crippen molar-refractivity contribution in [1.29, 1.82) is 0 Å². The summed E-state index contributed by atoms with van der Waals surface area (Å²) in [6.45, 7) is 2.50. The number of hydrogen-bond donors (Lipinski definition) is 1. The van der Waals surface area contributed by atoms with Crippen LogP contribution in [0.2, 0.25) is 0 Å². The van der Waals surface area contributed by atoms with Crippen molar-refractivity contribution >= 4 is 11.6 Å².